The van der Waals surface area contributed by atoms with Gasteiger partial charge in [0, 0.05) is 53.7 Å². The van der Waals surface area contributed by atoms with Gasteiger partial charge in [-0.25, -0.2) is 0 Å². The van der Waals surface area contributed by atoms with E-state index in [0.717, 1.165) is 22.6 Å². The van der Waals surface area contributed by atoms with Crippen molar-refractivity contribution in [2.24, 2.45) is 0 Å². The Kier molecular flexibility index (Phi) is 24.8. The van der Waals surface area contributed by atoms with E-state index in [0.29, 0.717) is 5.56 Å². The van der Waals surface area contributed by atoms with Crippen molar-refractivity contribution < 1.29 is 4.11 Å². The fraction of sp³-hybridized carbons (Fsp3) is 0.353. The Morgan fingerprint density at radius 1 is 0.208 bits per heavy atom. The lowest BCUT2D eigenvalue weighted by Crippen LogP contribution is -2.23. The average Bonchev–Trinajstić information content (AvgIpc) is 0.769. The van der Waals surface area contributed by atoms with E-state index in [2.05, 4.69) is 425 Å². The molecule has 0 amide bonds. The van der Waals surface area contributed by atoms with Crippen molar-refractivity contribution in [1.29, 1.82) is 0 Å². The van der Waals surface area contributed by atoms with E-state index in [4.69, 9.17) is 4.11 Å². The van der Waals surface area contributed by atoms with Crippen LogP contribution in [0.1, 0.15) is 237 Å². The molecule has 11 aromatic rings. The maximum absolute atomic E-state index is 8.29. The molecular formula is C102H127N3S. The van der Waals surface area contributed by atoms with Crippen molar-refractivity contribution in [3.8, 4) is 0 Å². The minimum absolute atomic E-state index is 0.0438. The van der Waals surface area contributed by atoms with Crippen LogP contribution in [0.5, 0.6) is 0 Å². The highest BCUT2D eigenvalue weighted by atomic mass is 32.2. The summed E-state index contributed by atoms with van der Waals surface area (Å²) < 4.78 is 24.9. The Morgan fingerprint density at radius 3 is 0.651 bits per heavy atom. The van der Waals surface area contributed by atoms with Gasteiger partial charge in [0.1, 0.15) is 0 Å². The second kappa shape index (κ2) is 33.5. The predicted molar refractivity (Wildman–Crippen MR) is 469 cm³/mol. The molecular weight excluding hydrogens is 1300 g/mol. The first-order valence-corrected chi connectivity index (χ1v) is 39.0. The summed E-state index contributed by atoms with van der Waals surface area (Å²) in [5.41, 5.74) is 25.0. The van der Waals surface area contributed by atoms with Crippen LogP contribution in [-0.2, 0) is 43.3 Å². The standard InChI is InChI=1S/2C28H35N.C26H31N.C20H26S/c2*1-20-14-13-15-21(2)26(20)29(24-18-11-9-16-22(24)27(3,4)5)25-19-12-10-17-23(25)28(6,7)8;1-25(2,3)21-16-10-12-18-23(21)27(20-14-8-7-9-15-20)24-19-13-11-17-22(24)26(4,5)6;1-19(2,3)15-11-7-9-13-17(15)21-18-14-10-8-12-16(18)20(4,5)6/h2*9-19H,1-8H3;7-19H,1-6H3;7-14H,1-6H3/i1D3;;;. The molecule has 0 aliphatic carbocycles. The molecule has 4 heteroatoms. The third-order valence-corrected chi connectivity index (χ3v) is 20.6. The first-order chi connectivity index (χ1) is 50.6. The van der Waals surface area contributed by atoms with Gasteiger partial charge in [-0.15, -0.1) is 0 Å². The fourth-order valence-corrected chi connectivity index (χ4v) is 15.6. The number of aryl methyl sites for hydroxylation is 4. The summed E-state index contributed by atoms with van der Waals surface area (Å²) in [7, 11) is 0. The van der Waals surface area contributed by atoms with Crippen LogP contribution in [0.3, 0.4) is 0 Å². The molecule has 0 saturated carbocycles. The molecule has 0 saturated heterocycles. The van der Waals surface area contributed by atoms with Crippen LogP contribution in [0.15, 0.2) is 271 Å². The summed E-state index contributed by atoms with van der Waals surface area (Å²) in [6.45, 7) is 58.5. The summed E-state index contributed by atoms with van der Waals surface area (Å²) in [6.07, 6.45) is 0. The highest BCUT2D eigenvalue weighted by molar-refractivity contribution is 7.99. The van der Waals surface area contributed by atoms with Crippen molar-refractivity contribution in [2.75, 3.05) is 14.7 Å². The third kappa shape index (κ3) is 20.4. The molecule has 556 valence electrons. The summed E-state index contributed by atoms with van der Waals surface area (Å²) in [5.74, 6) is 0. The van der Waals surface area contributed by atoms with Crippen LogP contribution in [0.25, 0.3) is 0 Å². The molecule has 0 fully saturated rings. The zero-order valence-electron chi connectivity index (χ0n) is 72.6. The SMILES string of the molecule is CC(C)(C)c1ccccc1N(c1ccccc1)c1ccccc1C(C)(C)C.CC(C)(C)c1ccccc1Sc1ccccc1C(C)(C)C.Cc1cccc(C)c1N(c1ccccc1C(C)(C)C)c1ccccc1C(C)(C)C.[2H]C([2H])([2H])c1cccc(C)c1N(c1ccccc1C(C)(C)C)c1ccccc1C(C)(C)C. The minimum atomic E-state index is -2.23. The summed E-state index contributed by atoms with van der Waals surface area (Å²) in [6, 6.07) is 92.3. The van der Waals surface area contributed by atoms with Crippen LogP contribution in [0.4, 0.5) is 51.2 Å². The molecule has 0 spiro atoms. The molecule has 0 aliphatic rings. The number of rotatable bonds is 11. The van der Waals surface area contributed by atoms with Crippen molar-refractivity contribution in [1.82, 2.24) is 0 Å². The molecule has 11 aromatic carbocycles. The molecule has 106 heavy (non-hydrogen) atoms. The second-order valence-corrected chi connectivity index (χ2v) is 37.8. The van der Waals surface area contributed by atoms with Gasteiger partial charge in [-0.1, -0.05) is 378 Å². The largest absolute Gasteiger partial charge is 0.310 e. The molecule has 0 radical (unpaired) electrons. The van der Waals surface area contributed by atoms with Crippen LogP contribution in [0.2, 0.25) is 0 Å². The highest BCUT2D eigenvalue weighted by Gasteiger charge is 2.33. The van der Waals surface area contributed by atoms with Gasteiger partial charge in [-0.05, 0) is 198 Å². The zero-order chi connectivity index (χ0) is 80.6. The first kappa shape index (κ1) is 78.2. The van der Waals surface area contributed by atoms with Gasteiger partial charge in [-0.3, -0.25) is 0 Å². The summed E-state index contributed by atoms with van der Waals surface area (Å²) >= 11 is 1.89. The number of hydrogen-bond donors (Lipinski definition) is 0. The maximum atomic E-state index is 8.29. The molecule has 3 nitrogen and oxygen atoms in total. The fourth-order valence-electron chi connectivity index (χ4n) is 14.1. The van der Waals surface area contributed by atoms with Gasteiger partial charge in [0.05, 0.1) is 11.4 Å². The van der Waals surface area contributed by atoms with Gasteiger partial charge in [0.25, 0.3) is 0 Å². The van der Waals surface area contributed by atoms with Gasteiger partial charge in [0.2, 0.25) is 0 Å². The van der Waals surface area contributed by atoms with E-state index < -0.39 is 6.85 Å². The van der Waals surface area contributed by atoms with Crippen molar-refractivity contribution in [2.45, 2.75) is 247 Å². The summed E-state index contributed by atoms with van der Waals surface area (Å²) in [5, 5.41) is 0. The van der Waals surface area contributed by atoms with Crippen LogP contribution >= 0.6 is 11.8 Å². The van der Waals surface area contributed by atoms with Crippen molar-refractivity contribution in [3.05, 3.63) is 328 Å². The van der Waals surface area contributed by atoms with Gasteiger partial charge in [0.15, 0.2) is 0 Å². The van der Waals surface area contributed by atoms with Crippen molar-refractivity contribution >= 4 is 62.9 Å². The Morgan fingerprint density at radius 2 is 0.406 bits per heavy atom. The van der Waals surface area contributed by atoms with E-state index >= 15 is 0 Å². The Labute approximate surface area is 652 Å². The molecule has 0 bridgehead atoms. The van der Waals surface area contributed by atoms with E-state index in [1.54, 1.807) is 6.07 Å². The normalized spacial score (nSPS) is 12.7. The number of anilines is 9. The van der Waals surface area contributed by atoms with E-state index in [9.17, 15) is 0 Å². The molecule has 0 unspecified atom stereocenters. The molecule has 0 atom stereocenters. The lowest BCUT2D eigenvalue weighted by molar-refractivity contribution is 0.575. The molecule has 0 N–H and O–H groups in total. The Bertz CT molecular complexity index is 4580. The number of nitrogens with zero attached hydrogens (tertiary/aromatic N) is 3. The Hall–Kier alpha value is -8.83. The van der Waals surface area contributed by atoms with E-state index in [1.165, 1.54) is 99.5 Å². The average molecular weight is 1430 g/mol. The van der Waals surface area contributed by atoms with Crippen LogP contribution in [0, 0.1) is 27.6 Å². The van der Waals surface area contributed by atoms with E-state index in [1.807, 2.05) is 43.0 Å². The van der Waals surface area contributed by atoms with Crippen LogP contribution in [-0.4, -0.2) is 0 Å². The molecule has 0 heterocycles. The topological polar surface area (TPSA) is 9.72 Å². The second-order valence-electron chi connectivity index (χ2n) is 36.8. The maximum Gasteiger partial charge on any atom is 0.0520 e. The lowest BCUT2D eigenvalue weighted by Gasteiger charge is -2.36. The predicted octanol–water partition coefficient (Wildman–Crippen LogP) is 30.9. The quantitative estimate of drug-likeness (QED) is 0.128. The van der Waals surface area contributed by atoms with Gasteiger partial charge < -0.3 is 14.7 Å². The third-order valence-electron chi connectivity index (χ3n) is 19.5. The van der Waals surface area contributed by atoms with Crippen LogP contribution < -0.4 is 14.7 Å². The molecule has 11 rings (SSSR count). The zero-order valence-corrected chi connectivity index (χ0v) is 70.4. The number of para-hydroxylation sites is 9. The first-order valence-electron chi connectivity index (χ1n) is 39.7. The molecule has 0 aromatic heterocycles. The minimum Gasteiger partial charge on any atom is -0.310 e. The monoisotopic (exact) mass is 1430 g/mol. The molecule has 0 aliphatic heterocycles. The highest BCUT2D eigenvalue weighted by Crippen LogP contribution is 2.50. The van der Waals surface area contributed by atoms with Crippen molar-refractivity contribution in [3.63, 3.8) is 0 Å². The summed E-state index contributed by atoms with van der Waals surface area (Å²) in [4.78, 5) is 9.81. The Balaban J connectivity index is 0.000000185. The van der Waals surface area contributed by atoms with Gasteiger partial charge >= 0.3 is 0 Å². The number of benzene rings is 11. The van der Waals surface area contributed by atoms with E-state index in [-0.39, 0.29) is 43.3 Å². The van der Waals surface area contributed by atoms with Gasteiger partial charge in [-0.2, -0.15) is 0 Å². The number of hydrogen-bond acceptors (Lipinski definition) is 4. The lowest BCUT2D eigenvalue weighted by atomic mass is 9.83. The smallest absolute Gasteiger partial charge is 0.0520 e.